The average molecular weight is 274 g/mol. The number of carboxylic acid groups (broad SMARTS) is 1. The van der Waals surface area contributed by atoms with Crippen molar-refractivity contribution in [2.45, 2.75) is 13.3 Å². The minimum absolute atomic E-state index is 0.134. The van der Waals surface area contributed by atoms with Gasteiger partial charge in [0.1, 0.15) is 17.2 Å². The number of carboxylic acids is 1. The normalized spacial score (nSPS) is 10.3. The molecule has 0 saturated carbocycles. The Morgan fingerprint density at radius 1 is 1.35 bits per heavy atom. The molecule has 0 amide bonds. The molecule has 0 spiro atoms. The van der Waals surface area contributed by atoms with E-state index >= 15 is 0 Å². The number of hydrogen-bond donors (Lipinski definition) is 2. The smallest absolute Gasteiger partial charge is 0.339 e. The summed E-state index contributed by atoms with van der Waals surface area (Å²) in [6.07, 6.45) is 0.590. The summed E-state index contributed by atoms with van der Waals surface area (Å²) in [5, 5.41) is 12.1. The summed E-state index contributed by atoms with van der Waals surface area (Å²) in [4.78, 5) is 15.3. The number of nitrogens with zero attached hydrogens (tertiary/aromatic N) is 1. The van der Waals surface area contributed by atoms with E-state index in [-0.39, 0.29) is 11.4 Å². The van der Waals surface area contributed by atoms with E-state index in [0.717, 1.165) is 11.3 Å². The van der Waals surface area contributed by atoms with Crippen molar-refractivity contribution in [1.29, 1.82) is 0 Å². The zero-order chi connectivity index (χ0) is 14.5. The third-order valence-electron chi connectivity index (χ3n) is 2.86. The molecule has 1 heterocycles. The van der Waals surface area contributed by atoms with Gasteiger partial charge in [-0.3, -0.25) is 0 Å². The molecule has 1 aromatic heterocycles. The van der Waals surface area contributed by atoms with Crippen LogP contribution >= 0.6 is 0 Å². The van der Waals surface area contributed by atoms with Crippen molar-refractivity contribution in [2.75, 3.05) is 11.9 Å². The maximum absolute atomic E-state index is 13.0. The van der Waals surface area contributed by atoms with Gasteiger partial charge in [-0.25, -0.2) is 14.2 Å². The Morgan fingerprint density at radius 3 is 2.85 bits per heavy atom. The average Bonchev–Trinajstić information content (AvgIpc) is 2.38. The van der Waals surface area contributed by atoms with E-state index in [1.165, 1.54) is 18.2 Å². The summed E-state index contributed by atoms with van der Waals surface area (Å²) in [6.45, 7) is 2.28. The minimum atomic E-state index is -1.02. The molecule has 1 aromatic carbocycles. The highest BCUT2D eigenvalue weighted by Gasteiger charge is 2.11. The van der Waals surface area contributed by atoms with Crippen LogP contribution in [0.4, 0.5) is 10.2 Å². The van der Waals surface area contributed by atoms with Crippen LogP contribution in [-0.2, 0) is 6.42 Å². The van der Waals surface area contributed by atoms with Crippen molar-refractivity contribution < 1.29 is 14.3 Å². The summed E-state index contributed by atoms with van der Waals surface area (Å²) in [5.41, 5.74) is 1.72. The van der Waals surface area contributed by atoms with Crippen LogP contribution < -0.4 is 5.32 Å². The first-order chi connectivity index (χ1) is 9.56. The number of carbonyl (C=O) groups is 1. The van der Waals surface area contributed by atoms with Gasteiger partial charge in [0, 0.05) is 12.2 Å². The fraction of sp³-hybridized carbons (Fsp3) is 0.200. The van der Waals surface area contributed by atoms with Crippen LogP contribution in [0.2, 0.25) is 0 Å². The third kappa shape index (κ3) is 3.54. The first-order valence-electron chi connectivity index (χ1n) is 6.25. The van der Waals surface area contributed by atoms with Crippen molar-refractivity contribution in [2.24, 2.45) is 0 Å². The highest BCUT2D eigenvalue weighted by molar-refractivity contribution is 5.93. The lowest BCUT2D eigenvalue weighted by Crippen LogP contribution is -2.11. The largest absolute Gasteiger partial charge is 0.478 e. The number of rotatable bonds is 5. The minimum Gasteiger partial charge on any atom is -0.478 e. The lowest BCUT2D eigenvalue weighted by Gasteiger charge is -2.09. The maximum atomic E-state index is 13.0. The maximum Gasteiger partial charge on any atom is 0.339 e. The van der Waals surface area contributed by atoms with Gasteiger partial charge in [-0.1, -0.05) is 12.1 Å². The van der Waals surface area contributed by atoms with Crippen LogP contribution in [0.15, 0.2) is 36.4 Å². The first kappa shape index (κ1) is 14.0. The van der Waals surface area contributed by atoms with Gasteiger partial charge >= 0.3 is 5.97 Å². The van der Waals surface area contributed by atoms with E-state index in [1.54, 1.807) is 19.1 Å². The Labute approximate surface area is 116 Å². The van der Waals surface area contributed by atoms with Gasteiger partial charge in [-0.2, -0.15) is 0 Å². The van der Waals surface area contributed by atoms with Crippen molar-refractivity contribution >= 4 is 11.8 Å². The predicted octanol–water partition coefficient (Wildman–Crippen LogP) is 2.88. The van der Waals surface area contributed by atoms with Gasteiger partial charge < -0.3 is 10.4 Å². The third-order valence-corrected chi connectivity index (χ3v) is 2.86. The predicted molar refractivity (Wildman–Crippen MR) is 74.5 cm³/mol. The molecular formula is C15H15FN2O2. The molecule has 0 radical (unpaired) electrons. The number of aromatic nitrogens is 1. The Balaban J connectivity index is 2.04. The zero-order valence-electron chi connectivity index (χ0n) is 11.1. The Morgan fingerprint density at radius 2 is 2.15 bits per heavy atom. The molecule has 20 heavy (non-hydrogen) atoms. The molecule has 104 valence electrons. The second kappa shape index (κ2) is 6.14. The molecule has 0 bridgehead atoms. The lowest BCUT2D eigenvalue weighted by atomic mass is 10.1. The van der Waals surface area contributed by atoms with Crippen LogP contribution in [0.25, 0.3) is 0 Å². The molecule has 0 aliphatic rings. The molecule has 2 aromatic rings. The van der Waals surface area contributed by atoms with E-state index in [9.17, 15) is 9.18 Å². The lowest BCUT2D eigenvalue weighted by molar-refractivity contribution is 0.0697. The molecule has 0 saturated heterocycles. The quantitative estimate of drug-likeness (QED) is 0.880. The Hall–Kier alpha value is -2.43. The number of benzene rings is 1. The number of aryl methyl sites for hydroxylation is 1. The van der Waals surface area contributed by atoms with Crippen LogP contribution in [0, 0.1) is 12.7 Å². The standard InChI is InChI=1S/C15H15FN2O2/c1-10-5-6-13(15(19)20)14(18-10)17-8-7-11-3-2-4-12(16)9-11/h2-6,9H,7-8H2,1H3,(H,17,18)(H,19,20). The summed E-state index contributed by atoms with van der Waals surface area (Å²) in [6, 6.07) is 9.51. The van der Waals surface area contributed by atoms with Crippen molar-refractivity contribution in [3.8, 4) is 0 Å². The number of nitrogens with one attached hydrogen (secondary N) is 1. The molecule has 5 heteroatoms. The summed E-state index contributed by atoms with van der Waals surface area (Å²) >= 11 is 0. The SMILES string of the molecule is Cc1ccc(C(=O)O)c(NCCc2cccc(F)c2)n1. The second-order valence-corrected chi connectivity index (χ2v) is 4.46. The van der Waals surface area contributed by atoms with Gasteiger partial charge in [0.25, 0.3) is 0 Å². The summed E-state index contributed by atoms with van der Waals surface area (Å²) < 4.78 is 13.0. The highest BCUT2D eigenvalue weighted by atomic mass is 19.1. The number of aromatic carboxylic acids is 1. The number of pyridine rings is 1. The first-order valence-corrected chi connectivity index (χ1v) is 6.25. The van der Waals surface area contributed by atoms with Gasteiger partial charge in [0.15, 0.2) is 0 Å². The van der Waals surface area contributed by atoms with Crippen molar-refractivity contribution in [3.05, 3.63) is 59.0 Å². The molecule has 0 aliphatic heterocycles. The van der Waals surface area contributed by atoms with Crippen LogP contribution in [0.5, 0.6) is 0 Å². The van der Waals surface area contributed by atoms with E-state index in [1.807, 2.05) is 6.07 Å². The number of halogens is 1. The molecule has 4 nitrogen and oxygen atoms in total. The molecule has 2 N–H and O–H groups in total. The van der Waals surface area contributed by atoms with Gasteiger partial charge in [-0.05, 0) is 43.2 Å². The monoisotopic (exact) mass is 274 g/mol. The molecule has 0 unspecified atom stereocenters. The summed E-state index contributed by atoms with van der Waals surface area (Å²) in [7, 11) is 0. The van der Waals surface area contributed by atoms with Crippen molar-refractivity contribution in [3.63, 3.8) is 0 Å². The van der Waals surface area contributed by atoms with E-state index in [0.29, 0.717) is 18.8 Å². The van der Waals surface area contributed by atoms with Crippen LogP contribution in [0.3, 0.4) is 0 Å². The Bertz CT molecular complexity index is 629. The second-order valence-electron chi connectivity index (χ2n) is 4.46. The number of anilines is 1. The zero-order valence-corrected chi connectivity index (χ0v) is 11.1. The van der Waals surface area contributed by atoms with E-state index in [4.69, 9.17) is 5.11 Å². The van der Waals surface area contributed by atoms with E-state index < -0.39 is 5.97 Å². The van der Waals surface area contributed by atoms with Gasteiger partial charge in [0.05, 0.1) is 0 Å². The number of hydrogen-bond acceptors (Lipinski definition) is 3. The van der Waals surface area contributed by atoms with Gasteiger partial charge in [-0.15, -0.1) is 0 Å². The van der Waals surface area contributed by atoms with Crippen LogP contribution in [-0.4, -0.2) is 22.6 Å². The fourth-order valence-electron chi connectivity index (χ4n) is 1.88. The Kier molecular flexibility index (Phi) is 4.30. The summed E-state index contributed by atoms with van der Waals surface area (Å²) in [5.74, 6) is -0.956. The molecular weight excluding hydrogens is 259 g/mol. The fourth-order valence-corrected chi connectivity index (χ4v) is 1.88. The van der Waals surface area contributed by atoms with E-state index in [2.05, 4.69) is 10.3 Å². The van der Waals surface area contributed by atoms with Crippen LogP contribution in [0.1, 0.15) is 21.6 Å². The highest BCUT2D eigenvalue weighted by Crippen LogP contribution is 2.14. The van der Waals surface area contributed by atoms with Crippen molar-refractivity contribution in [1.82, 2.24) is 4.98 Å². The van der Waals surface area contributed by atoms with Gasteiger partial charge in [0.2, 0.25) is 0 Å². The molecule has 0 fully saturated rings. The molecule has 0 atom stereocenters. The topological polar surface area (TPSA) is 62.2 Å². The molecule has 0 aliphatic carbocycles. The molecule has 2 rings (SSSR count).